The van der Waals surface area contributed by atoms with Gasteiger partial charge in [-0.2, -0.15) is 13.2 Å². The largest absolute Gasteiger partial charge is 0.491 e. The highest BCUT2D eigenvalue weighted by Gasteiger charge is 2.31. The minimum absolute atomic E-state index is 0.0148. The molecule has 2 atom stereocenters. The lowest BCUT2D eigenvalue weighted by Gasteiger charge is -2.16. The number of carbonyl (C=O) groups is 1. The van der Waals surface area contributed by atoms with Crippen LogP contribution in [0.5, 0.6) is 11.5 Å². The van der Waals surface area contributed by atoms with Crippen molar-refractivity contribution in [1.82, 2.24) is 0 Å². The molecule has 2 aromatic rings. The van der Waals surface area contributed by atoms with Crippen LogP contribution < -0.4 is 9.47 Å². The predicted molar refractivity (Wildman–Crippen MR) is 105 cm³/mol. The number of ether oxygens (including phenoxy) is 3. The number of benzene rings is 2. The molecule has 2 unspecified atom stereocenters. The average Bonchev–Trinajstić information content (AvgIpc) is 2.70. The minimum Gasteiger partial charge on any atom is -0.491 e. The second-order valence-corrected chi connectivity index (χ2v) is 7.08. The van der Waals surface area contributed by atoms with Gasteiger partial charge < -0.3 is 19.3 Å². The molecule has 30 heavy (non-hydrogen) atoms. The second-order valence-electron chi connectivity index (χ2n) is 6.67. The van der Waals surface area contributed by atoms with E-state index >= 15 is 0 Å². The average molecular weight is 447 g/mol. The molecule has 0 saturated heterocycles. The minimum atomic E-state index is -4.50. The molecular formula is C21H22ClF3O5. The number of halogens is 4. The second kappa shape index (κ2) is 10.5. The van der Waals surface area contributed by atoms with E-state index in [-0.39, 0.29) is 42.3 Å². The van der Waals surface area contributed by atoms with Crippen molar-refractivity contribution in [2.75, 3.05) is 20.3 Å². The fraction of sp³-hybridized carbons (Fsp3) is 0.381. The van der Waals surface area contributed by atoms with Gasteiger partial charge in [-0.3, -0.25) is 4.79 Å². The molecule has 0 saturated carbocycles. The lowest BCUT2D eigenvalue weighted by molar-refractivity contribution is -0.141. The van der Waals surface area contributed by atoms with Gasteiger partial charge in [0.05, 0.1) is 24.1 Å². The zero-order valence-electron chi connectivity index (χ0n) is 16.4. The predicted octanol–water partition coefficient (Wildman–Crippen LogP) is 4.84. The molecule has 0 aliphatic heterocycles. The fourth-order valence-corrected chi connectivity index (χ4v) is 2.80. The number of esters is 1. The van der Waals surface area contributed by atoms with Crippen molar-refractivity contribution in [3.63, 3.8) is 0 Å². The molecule has 0 bridgehead atoms. The Labute approximate surface area is 177 Å². The Morgan fingerprint density at radius 1 is 1.10 bits per heavy atom. The lowest BCUT2D eigenvalue weighted by Crippen LogP contribution is -2.25. The van der Waals surface area contributed by atoms with Gasteiger partial charge in [-0.05, 0) is 41.8 Å². The van der Waals surface area contributed by atoms with Crippen LogP contribution in [0.25, 0.3) is 0 Å². The van der Waals surface area contributed by atoms with E-state index < -0.39 is 17.8 Å². The molecule has 2 aromatic carbocycles. The summed E-state index contributed by atoms with van der Waals surface area (Å²) in [7, 11) is 1.34. The molecule has 5 nitrogen and oxygen atoms in total. The Kier molecular flexibility index (Phi) is 8.37. The molecule has 0 fully saturated rings. The van der Waals surface area contributed by atoms with E-state index in [1.54, 1.807) is 12.1 Å². The Balaban J connectivity index is 1.82. The number of methoxy groups -OCH3 is 1. The molecule has 9 heteroatoms. The van der Waals surface area contributed by atoms with Gasteiger partial charge >= 0.3 is 12.1 Å². The van der Waals surface area contributed by atoms with E-state index in [0.29, 0.717) is 5.75 Å². The van der Waals surface area contributed by atoms with Crippen LogP contribution in [0.2, 0.25) is 5.02 Å². The highest BCUT2D eigenvalue weighted by Crippen LogP contribution is 2.34. The van der Waals surface area contributed by atoms with Crippen LogP contribution in [-0.2, 0) is 15.7 Å². The molecule has 2 rings (SSSR count). The maximum absolute atomic E-state index is 12.6. The number of carbonyl (C=O) groups excluding carboxylic acids is 1. The highest BCUT2D eigenvalue weighted by molar-refractivity contribution is 6.32. The summed E-state index contributed by atoms with van der Waals surface area (Å²) in [5.74, 6) is 0.237. The van der Waals surface area contributed by atoms with Crippen molar-refractivity contribution in [3.05, 3.63) is 58.6 Å². The normalized spacial score (nSPS) is 13.4. The van der Waals surface area contributed by atoms with Crippen molar-refractivity contribution in [2.45, 2.75) is 31.5 Å². The third kappa shape index (κ3) is 7.11. The summed E-state index contributed by atoms with van der Waals surface area (Å²) in [6.07, 6.45) is -5.26. The molecule has 1 N–H and O–H groups in total. The van der Waals surface area contributed by atoms with Gasteiger partial charge in [-0.1, -0.05) is 30.7 Å². The molecule has 164 valence electrons. The number of hydrogen-bond acceptors (Lipinski definition) is 5. The van der Waals surface area contributed by atoms with E-state index in [4.69, 9.17) is 21.1 Å². The van der Waals surface area contributed by atoms with Gasteiger partial charge in [0.2, 0.25) is 0 Å². The monoisotopic (exact) mass is 446 g/mol. The first-order valence-corrected chi connectivity index (χ1v) is 9.45. The first-order chi connectivity index (χ1) is 14.1. The zero-order chi connectivity index (χ0) is 22.3. The standard InChI is InChI=1S/C21H22ClF3O5/c1-13(9-20(27)28-2)14-3-6-17(7-4-14)29-11-16(26)12-30-19-8-5-15(10-18(19)22)21(23,24)25/h3-8,10,13,16,26H,9,11-12H2,1-2H3. The number of aliphatic hydroxyl groups excluding tert-OH is 1. The SMILES string of the molecule is COC(=O)CC(C)c1ccc(OCC(O)COc2ccc(C(F)(F)F)cc2Cl)cc1. The van der Waals surface area contributed by atoms with E-state index in [0.717, 1.165) is 23.8 Å². The first kappa shape index (κ1) is 23.8. The maximum Gasteiger partial charge on any atom is 0.416 e. The van der Waals surface area contributed by atoms with Gasteiger partial charge in [-0.15, -0.1) is 0 Å². The van der Waals surface area contributed by atoms with Crippen molar-refractivity contribution in [1.29, 1.82) is 0 Å². The van der Waals surface area contributed by atoms with Gasteiger partial charge in [0.25, 0.3) is 0 Å². The van der Waals surface area contributed by atoms with Crippen LogP contribution in [-0.4, -0.2) is 37.5 Å². The Morgan fingerprint density at radius 3 is 2.30 bits per heavy atom. The maximum atomic E-state index is 12.6. The van der Waals surface area contributed by atoms with Crippen LogP contribution in [0.4, 0.5) is 13.2 Å². The Morgan fingerprint density at radius 2 is 1.73 bits per heavy atom. The van der Waals surface area contributed by atoms with E-state index in [2.05, 4.69) is 4.74 Å². The molecule has 0 aliphatic carbocycles. The van der Waals surface area contributed by atoms with Crippen molar-refractivity contribution in [2.24, 2.45) is 0 Å². The van der Waals surface area contributed by atoms with Crippen molar-refractivity contribution in [3.8, 4) is 11.5 Å². The first-order valence-electron chi connectivity index (χ1n) is 9.07. The summed E-state index contributed by atoms with van der Waals surface area (Å²) in [6.45, 7) is 1.61. The number of aliphatic hydroxyl groups is 1. The summed E-state index contributed by atoms with van der Waals surface area (Å²) in [6, 6.07) is 9.77. The van der Waals surface area contributed by atoms with E-state index in [1.807, 2.05) is 19.1 Å². The summed E-state index contributed by atoms with van der Waals surface area (Å²) in [5.41, 5.74) is 0.0571. The van der Waals surface area contributed by atoms with Crippen molar-refractivity contribution < 1.29 is 37.3 Å². The summed E-state index contributed by atoms with van der Waals surface area (Å²) in [5, 5.41) is 9.79. The lowest BCUT2D eigenvalue weighted by atomic mass is 9.98. The molecule has 0 aliphatic rings. The number of alkyl halides is 3. The zero-order valence-corrected chi connectivity index (χ0v) is 17.2. The van der Waals surface area contributed by atoms with Crippen LogP contribution in [0.1, 0.15) is 30.4 Å². The summed E-state index contributed by atoms with van der Waals surface area (Å²) < 4.78 is 53.3. The van der Waals surface area contributed by atoms with Gasteiger partial charge in [-0.25, -0.2) is 0 Å². The van der Waals surface area contributed by atoms with E-state index in [1.165, 1.54) is 7.11 Å². The number of hydrogen-bond donors (Lipinski definition) is 1. The van der Waals surface area contributed by atoms with Gasteiger partial charge in [0, 0.05) is 0 Å². The fourth-order valence-electron chi connectivity index (χ4n) is 2.56. The Bertz CT molecular complexity index is 840. The van der Waals surface area contributed by atoms with Crippen LogP contribution in [0.15, 0.2) is 42.5 Å². The van der Waals surface area contributed by atoms with Crippen LogP contribution >= 0.6 is 11.6 Å². The third-order valence-electron chi connectivity index (χ3n) is 4.28. The molecule has 0 heterocycles. The summed E-state index contributed by atoms with van der Waals surface area (Å²) in [4.78, 5) is 11.3. The Hall–Kier alpha value is -2.45. The van der Waals surface area contributed by atoms with Crippen molar-refractivity contribution >= 4 is 17.6 Å². The van der Waals surface area contributed by atoms with Gasteiger partial charge in [0.15, 0.2) is 0 Å². The topological polar surface area (TPSA) is 65.0 Å². The van der Waals surface area contributed by atoms with Crippen LogP contribution in [0, 0.1) is 0 Å². The molecule has 0 radical (unpaired) electrons. The summed E-state index contributed by atoms with van der Waals surface area (Å²) >= 11 is 5.81. The molecular weight excluding hydrogens is 425 g/mol. The molecule has 0 amide bonds. The highest BCUT2D eigenvalue weighted by atomic mass is 35.5. The smallest absolute Gasteiger partial charge is 0.416 e. The van der Waals surface area contributed by atoms with Gasteiger partial charge in [0.1, 0.15) is 30.8 Å². The molecule has 0 aromatic heterocycles. The third-order valence-corrected chi connectivity index (χ3v) is 4.58. The quantitative estimate of drug-likeness (QED) is 0.558. The van der Waals surface area contributed by atoms with Crippen LogP contribution in [0.3, 0.4) is 0 Å². The van der Waals surface area contributed by atoms with E-state index in [9.17, 15) is 23.1 Å². The molecule has 0 spiro atoms. The number of rotatable bonds is 9.